The van der Waals surface area contributed by atoms with Gasteiger partial charge in [0.1, 0.15) is 0 Å². The molecule has 1 fully saturated rings. The van der Waals surface area contributed by atoms with Crippen LogP contribution in [0.3, 0.4) is 0 Å². The molecule has 3 aromatic rings. The highest BCUT2D eigenvalue weighted by atomic mass is 35.5. The first-order valence-corrected chi connectivity index (χ1v) is 13.0. The number of benzene rings is 2. The molecule has 5 heteroatoms. The highest BCUT2D eigenvalue weighted by Crippen LogP contribution is 2.40. The molecule has 2 aliphatic rings. The van der Waals surface area contributed by atoms with Crippen LogP contribution in [0.5, 0.6) is 0 Å². The summed E-state index contributed by atoms with van der Waals surface area (Å²) in [6, 6.07) is 17.1. The van der Waals surface area contributed by atoms with Gasteiger partial charge in [-0.05, 0) is 73.4 Å². The molecule has 0 radical (unpaired) electrons. The van der Waals surface area contributed by atoms with Crippen LogP contribution in [0.25, 0.3) is 10.9 Å². The molecule has 2 aromatic carbocycles. The van der Waals surface area contributed by atoms with Crippen LogP contribution in [0.1, 0.15) is 54.5 Å². The number of aromatic nitrogens is 1. The molecule has 32 heavy (non-hydrogen) atoms. The minimum Gasteiger partial charge on any atom is -0.361 e. The van der Waals surface area contributed by atoms with E-state index in [4.69, 9.17) is 17.0 Å². The van der Waals surface area contributed by atoms with Crippen molar-refractivity contribution in [2.45, 2.75) is 43.4 Å². The number of rotatable bonds is 6. The lowest BCUT2D eigenvalue weighted by Crippen LogP contribution is -2.35. The zero-order chi connectivity index (χ0) is 21.9. The molecule has 1 aromatic heterocycles. The summed E-state index contributed by atoms with van der Waals surface area (Å²) in [5.74, 6) is 1.59. The zero-order valence-corrected chi connectivity index (χ0v) is 19.9. The molecule has 1 aliphatic heterocycles. The molecule has 1 unspecified atom stereocenters. The Bertz CT molecular complexity index is 1110. The number of H-pyrrole nitrogens is 1. The topological polar surface area (TPSA) is 42.9 Å². The monoisotopic (exact) mass is 463 g/mol. The second kappa shape index (κ2) is 9.86. The van der Waals surface area contributed by atoms with E-state index in [1.54, 1.807) is 0 Å². The number of nitrogens with one attached hydrogen (secondary N) is 2. The Morgan fingerprint density at radius 2 is 1.91 bits per heavy atom. The van der Waals surface area contributed by atoms with Crippen LogP contribution < -0.4 is 0 Å². The maximum atomic E-state index is 8.02. The smallest absolute Gasteiger partial charge is 0.0817 e. The van der Waals surface area contributed by atoms with Crippen molar-refractivity contribution >= 4 is 40.0 Å². The first-order chi connectivity index (χ1) is 15.7. The van der Waals surface area contributed by atoms with Gasteiger partial charge in [-0.3, -0.25) is 4.90 Å². The quantitative estimate of drug-likeness (QED) is 0.396. The van der Waals surface area contributed by atoms with Crippen molar-refractivity contribution in [3.63, 3.8) is 0 Å². The maximum absolute atomic E-state index is 8.02. The standard InChI is InChI=1S/C27H30ClN3S/c28-22-9-10-26-24(16-22)25(17-30-26)20-11-13-31(14-12-20)27(21-6-2-1-3-7-21)32-18-19-5-4-8-23(29)15-19/h1-3,6-7,9-10,15-17,20,27,29-30H,4-5,8,11-14,18H2. The molecule has 2 heterocycles. The van der Waals surface area contributed by atoms with Gasteiger partial charge in [0.15, 0.2) is 0 Å². The average molecular weight is 464 g/mol. The third-order valence-electron chi connectivity index (χ3n) is 6.81. The Morgan fingerprint density at radius 3 is 2.69 bits per heavy atom. The second-order valence-electron chi connectivity index (χ2n) is 9.00. The lowest BCUT2D eigenvalue weighted by Gasteiger charge is -2.38. The third kappa shape index (κ3) is 4.83. The lowest BCUT2D eigenvalue weighted by atomic mass is 9.89. The molecule has 166 valence electrons. The minimum absolute atomic E-state index is 0.367. The van der Waals surface area contributed by atoms with Crippen molar-refractivity contribution in [2.24, 2.45) is 0 Å². The summed E-state index contributed by atoms with van der Waals surface area (Å²) in [6.07, 6.45) is 9.84. The summed E-state index contributed by atoms with van der Waals surface area (Å²) in [4.78, 5) is 6.09. The van der Waals surface area contributed by atoms with E-state index in [0.29, 0.717) is 11.3 Å². The number of hydrogen-bond donors (Lipinski definition) is 2. The predicted octanol–water partition coefficient (Wildman–Crippen LogP) is 7.56. The highest BCUT2D eigenvalue weighted by molar-refractivity contribution is 7.99. The molecule has 0 amide bonds. The van der Waals surface area contributed by atoms with E-state index in [-0.39, 0.29) is 0 Å². The van der Waals surface area contributed by atoms with Crippen molar-refractivity contribution in [3.8, 4) is 0 Å². The van der Waals surface area contributed by atoms with Gasteiger partial charge in [0, 0.05) is 46.7 Å². The molecular formula is C27H30ClN3S. The number of nitrogens with zero attached hydrogens (tertiary/aromatic N) is 1. The van der Waals surface area contributed by atoms with Crippen LogP contribution in [-0.2, 0) is 0 Å². The van der Waals surface area contributed by atoms with Gasteiger partial charge in [-0.1, -0.05) is 47.5 Å². The second-order valence-corrected chi connectivity index (χ2v) is 10.5. The Labute approximate surface area is 199 Å². The van der Waals surface area contributed by atoms with E-state index in [2.05, 4.69) is 64.6 Å². The van der Waals surface area contributed by atoms with Crippen LogP contribution in [0.4, 0.5) is 0 Å². The maximum Gasteiger partial charge on any atom is 0.0817 e. The fraction of sp³-hybridized carbons (Fsp3) is 0.370. The van der Waals surface area contributed by atoms with Crippen molar-refractivity contribution in [2.75, 3.05) is 18.8 Å². The van der Waals surface area contributed by atoms with E-state index in [0.717, 1.165) is 61.7 Å². The number of allylic oxidation sites excluding steroid dienone is 1. The Morgan fingerprint density at radius 1 is 1.09 bits per heavy atom. The molecule has 1 aliphatic carbocycles. The van der Waals surface area contributed by atoms with Gasteiger partial charge in [0.2, 0.25) is 0 Å². The third-order valence-corrected chi connectivity index (χ3v) is 8.47. The van der Waals surface area contributed by atoms with Crippen molar-refractivity contribution in [1.82, 2.24) is 9.88 Å². The predicted molar refractivity (Wildman–Crippen MR) is 138 cm³/mol. The van der Waals surface area contributed by atoms with Gasteiger partial charge in [-0.2, -0.15) is 0 Å². The number of fused-ring (bicyclic) bond motifs is 1. The summed E-state index contributed by atoms with van der Waals surface area (Å²) in [7, 11) is 0. The molecule has 1 saturated heterocycles. The van der Waals surface area contributed by atoms with E-state index in [1.165, 1.54) is 27.6 Å². The van der Waals surface area contributed by atoms with Crippen molar-refractivity contribution in [3.05, 3.63) is 82.5 Å². The van der Waals surface area contributed by atoms with Crippen molar-refractivity contribution < 1.29 is 0 Å². The molecular weight excluding hydrogens is 434 g/mol. The normalized spacial score (nSPS) is 19.3. The largest absolute Gasteiger partial charge is 0.361 e. The Balaban J connectivity index is 1.30. The lowest BCUT2D eigenvalue weighted by molar-refractivity contribution is 0.199. The Kier molecular flexibility index (Phi) is 6.72. The number of likely N-dealkylation sites (tertiary alicyclic amines) is 1. The average Bonchev–Trinajstić information content (AvgIpc) is 3.23. The van der Waals surface area contributed by atoms with Crippen LogP contribution >= 0.6 is 23.4 Å². The number of hydrogen-bond acceptors (Lipinski definition) is 3. The highest BCUT2D eigenvalue weighted by Gasteiger charge is 2.28. The van der Waals surface area contributed by atoms with Crippen LogP contribution in [-0.4, -0.2) is 34.4 Å². The molecule has 0 saturated carbocycles. The number of piperidine rings is 1. The van der Waals surface area contributed by atoms with Gasteiger partial charge >= 0.3 is 0 Å². The molecule has 1 atom stereocenters. The number of halogens is 1. The molecule has 5 rings (SSSR count). The van der Waals surface area contributed by atoms with Gasteiger partial charge in [-0.25, -0.2) is 0 Å². The first kappa shape index (κ1) is 21.8. The molecule has 0 bridgehead atoms. The van der Waals surface area contributed by atoms with E-state index < -0.39 is 0 Å². The summed E-state index contributed by atoms with van der Waals surface area (Å²) in [5, 5.41) is 10.5. The SMILES string of the molecule is N=C1C=C(CSC(c2ccccc2)N2CCC(c3c[nH]c4ccc(Cl)cc34)CC2)CCC1. The van der Waals surface area contributed by atoms with Crippen LogP contribution in [0, 0.1) is 5.41 Å². The fourth-order valence-corrected chi connectivity index (χ4v) is 6.67. The number of aromatic amines is 1. The van der Waals surface area contributed by atoms with Gasteiger partial charge in [0.05, 0.1) is 5.37 Å². The van der Waals surface area contributed by atoms with Crippen molar-refractivity contribution in [1.29, 1.82) is 5.41 Å². The molecule has 0 spiro atoms. The summed E-state index contributed by atoms with van der Waals surface area (Å²) >= 11 is 8.31. The summed E-state index contributed by atoms with van der Waals surface area (Å²) in [5.41, 5.74) is 6.20. The zero-order valence-electron chi connectivity index (χ0n) is 18.3. The number of thioether (sulfide) groups is 1. The van der Waals surface area contributed by atoms with E-state index >= 15 is 0 Å². The fourth-order valence-electron chi connectivity index (χ4n) is 5.12. The van der Waals surface area contributed by atoms with E-state index in [9.17, 15) is 0 Å². The first-order valence-electron chi connectivity index (χ1n) is 11.6. The van der Waals surface area contributed by atoms with E-state index in [1.807, 2.05) is 17.8 Å². The summed E-state index contributed by atoms with van der Waals surface area (Å²) < 4.78 is 0. The minimum atomic E-state index is 0.367. The van der Waals surface area contributed by atoms with Gasteiger partial charge < -0.3 is 10.4 Å². The van der Waals surface area contributed by atoms with Gasteiger partial charge in [-0.15, -0.1) is 11.8 Å². The van der Waals surface area contributed by atoms with Crippen LogP contribution in [0.2, 0.25) is 5.02 Å². The molecule has 2 N–H and O–H groups in total. The Hall–Kier alpha value is -2.01. The molecule has 3 nitrogen and oxygen atoms in total. The van der Waals surface area contributed by atoms with Gasteiger partial charge in [0.25, 0.3) is 0 Å². The summed E-state index contributed by atoms with van der Waals surface area (Å²) in [6.45, 7) is 2.19. The van der Waals surface area contributed by atoms with Crippen LogP contribution in [0.15, 0.2) is 66.4 Å².